The maximum absolute atomic E-state index is 8.56. The first-order valence-electron chi connectivity index (χ1n) is 3.94. The molecule has 12 heavy (non-hydrogen) atoms. The maximum atomic E-state index is 8.56. The summed E-state index contributed by atoms with van der Waals surface area (Å²) in [5.74, 6) is 0. The molecule has 0 unspecified atom stereocenters. The number of rotatable bonds is 0. The van der Waals surface area contributed by atoms with E-state index in [1.165, 1.54) is 19.3 Å². The van der Waals surface area contributed by atoms with Crippen molar-refractivity contribution in [1.29, 1.82) is 0 Å². The van der Waals surface area contributed by atoms with Crippen LogP contribution in [0.15, 0.2) is 0 Å². The molecular weight excluding hydrogens is 160 g/mol. The van der Waals surface area contributed by atoms with E-state index in [4.69, 9.17) is 26.5 Å². The summed E-state index contributed by atoms with van der Waals surface area (Å²) in [5.41, 5.74) is 11.0. The van der Waals surface area contributed by atoms with Crippen LogP contribution in [0.5, 0.6) is 0 Å². The molecule has 0 radical (unpaired) electrons. The predicted octanol–water partition coefficient (Wildman–Crippen LogP) is 0.787. The third-order valence-corrected chi connectivity index (χ3v) is 1.78. The van der Waals surface area contributed by atoms with Crippen molar-refractivity contribution in [2.24, 2.45) is 11.5 Å². The van der Waals surface area contributed by atoms with Crippen LogP contribution in [0, 0.1) is 0 Å². The van der Waals surface area contributed by atoms with Gasteiger partial charge in [-0.25, -0.2) is 4.79 Å². The van der Waals surface area contributed by atoms with Gasteiger partial charge in [-0.3, -0.25) is 0 Å². The third kappa shape index (κ3) is 7.30. The Morgan fingerprint density at radius 3 is 1.58 bits per heavy atom. The molecule has 1 aliphatic carbocycles. The highest BCUT2D eigenvalue weighted by atomic mass is 16.6. The summed E-state index contributed by atoms with van der Waals surface area (Å²) < 4.78 is 0. The van der Waals surface area contributed by atoms with Crippen LogP contribution in [-0.2, 0) is 0 Å². The monoisotopic (exact) mass is 176 g/mol. The zero-order valence-electron chi connectivity index (χ0n) is 6.99. The van der Waals surface area contributed by atoms with Gasteiger partial charge in [-0.05, 0) is 12.8 Å². The van der Waals surface area contributed by atoms with Gasteiger partial charge in [0.1, 0.15) is 0 Å². The topological polar surface area (TPSA) is 110 Å². The molecule has 0 aromatic carbocycles. The molecule has 0 aromatic rings. The minimum absolute atomic E-state index is 0.321. The van der Waals surface area contributed by atoms with Gasteiger partial charge in [0.25, 0.3) is 0 Å². The lowest BCUT2D eigenvalue weighted by Gasteiger charge is -2.28. The van der Waals surface area contributed by atoms with Crippen LogP contribution in [0.3, 0.4) is 0 Å². The lowest BCUT2D eigenvalue weighted by molar-refractivity contribution is 0.137. The molecule has 6 N–H and O–H groups in total. The first-order valence-corrected chi connectivity index (χ1v) is 3.94. The standard InChI is InChI=1S/C6H14N2.CH2O3/c7-6(8)4-2-1-3-5-6;2-1(3)4/h1-5,7-8H2;(H2,2,3,4). The van der Waals surface area contributed by atoms with Gasteiger partial charge in [-0.2, -0.15) is 0 Å². The largest absolute Gasteiger partial charge is 0.503 e. The van der Waals surface area contributed by atoms with Gasteiger partial charge in [-0.1, -0.05) is 19.3 Å². The minimum atomic E-state index is -1.83. The Bertz CT molecular complexity index is 136. The van der Waals surface area contributed by atoms with Gasteiger partial charge in [0.05, 0.1) is 5.66 Å². The van der Waals surface area contributed by atoms with Crippen molar-refractivity contribution in [2.45, 2.75) is 37.8 Å². The number of nitrogens with two attached hydrogens (primary N) is 2. The van der Waals surface area contributed by atoms with Gasteiger partial charge in [0, 0.05) is 0 Å². The van der Waals surface area contributed by atoms with Gasteiger partial charge in [-0.15, -0.1) is 0 Å². The molecule has 72 valence electrons. The van der Waals surface area contributed by atoms with E-state index >= 15 is 0 Å². The SMILES string of the molecule is NC1(N)CCCCC1.O=C(O)O. The number of carbonyl (C=O) groups is 1. The zero-order chi connectivity index (χ0) is 9.61. The van der Waals surface area contributed by atoms with E-state index in [0.29, 0.717) is 0 Å². The molecule has 0 amide bonds. The number of carboxylic acid groups (broad SMARTS) is 2. The first-order chi connectivity index (χ1) is 5.44. The Labute approximate surface area is 71.4 Å². The van der Waals surface area contributed by atoms with Crippen LogP contribution in [0.25, 0.3) is 0 Å². The van der Waals surface area contributed by atoms with Crippen LogP contribution in [-0.4, -0.2) is 22.0 Å². The molecule has 0 atom stereocenters. The highest BCUT2D eigenvalue weighted by molar-refractivity contribution is 5.53. The van der Waals surface area contributed by atoms with E-state index < -0.39 is 6.16 Å². The predicted molar refractivity (Wildman–Crippen MR) is 44.8 cm³/mol. The molecule has 5 heteroatoms. The summed E-state index contributed by atoms with van der Waals surface area (Å²) >= 11 is 0. The summed E-state index contributed by atoms with van der Waals surface area (Å²) in [6.07, 6.45) is 3.93. The Morgan fingerprint density at radius 1 is 1.08 bits per heavy atom. The van der Waals surface area contributed by atoms with Gasteiger partial charge in [0.2, 0.25) is 0 Å². The quantitative estimate of drug-likeness (QED) is 0.408. The molecule has 0 aromatic heterocycles. The second-order valence-corrected chi connectivity index (χ2v) is 3.08. The van der Waals surface area contributed by atoms with Gasteiger partial charge >= 0.3 is 6.16 Å². The van der Waals surface area contributed by atoms with Crippen molar-refractivity contribution >= 4 is 6.16 Å². The Morgan fingerprint density at radius 2 is 1.42 bits per heavy atom. The molecule has 0 aliphatic heterocycles. The Hall–Kier alpha value is -0.810. The molecule has 0 heterocycles. The van der Waals surface area contributed by atoms with E-state index in [-0.39, 0.29) is 5.66 Å². The summed E-state index contributed by atoms with van der Waals surface area (Å²) in [6.45, 7) is 0. The van der Waals surface area contributed by atoms with Crippen molar-refractivity contribution in [3.05, 3.63) is 0 Å². The van der Waals surface area contributed by atoms with E-state index in [9.17, 15) is 0 Å². The summed E-state index contributed by atoms with van der Waals surface area (Å²) in [4.78, 5) is 8.56. The third-order valence-electron chi connectivity index (χ3n) is 1.78. The van der Waals surface area contributed by atoms with Crippen LogP contribution in [0.4, 0.5) is 4.79 Å². The Balaban J connectivity index is 0.000000261. The summed E-state index contributed by atoms with van der Waals surface area (Å²) in [5, 5.41) is 13.9. The molecular formula is C7H16N2O3. The fourth-order valence-electron chi connectivity index (χ4n) is 1.21. The average Bonchev–Trinajstić information content (AvgIpc) is 1.85. The second kappa shape index (κ2) is 4.95. The van der Waals surface area contributed by atoms with Crippen LogP contribution >= 0.6 is 0 Å². The number of hydrogen-bond acceptors (Lipinski definition) is 3. The lowest BCUT2D eigenvalue weighted by atomic mass is 9.91. The van der Waals surface area contributed by atoms with Crippen LogP contribution in [0.1, 0.15) is 32.1 Å². The van der Waals surface area contributed by atoms with Crippen molar-refractivity contribution in [3.8, 4) is 0 Å². The molecule has 1 aliphatic rings. The highest BCUT2D eigenvalue weighted by Crippen LogP contribution is 2.20. The number of hydrogen-bond donors (Lipinski definition) is 4. The lowest BCUT2D eigenvalue weighted by Crippen LogP contribution is -2.50. The van der Waals surface area contributed by atoms with E-state index in [0.717, 1.165) is 12.8 Å². The fraction of sp³-hybridized carbons (Fsp3) is 0.857. The van der Waals surface area contributed by atoms with Crippen molar-refractivity contribution in [3.63, 3.8) is 0 Å². The molecule has 1 fully saturated rings. The van der Waals surface area contributed by atoms with Crippen molar-refractivity contribution in [1.82, 2.24) is 0 Å². The fourth-order valence-corrected chi connectivity index (χ4v) is 1.21. The van der Waals surface area contributed by atoms with E-state index in [2.05, 4.69) is 0 Å². The maximum Gasteiger partial charge on any atom is 0.503 e. The molecule has 0 bridgehead atoms. The summed E-state index contributed by atoms with van der Waals surface area (Å²) in [6, 6.07) is 0. The molecule has 0 saturated heterocycles. The average molecular weight is 176 g/mol. The molecule has 1 saturated carbocycles. The minimum Gasteiger partial charge on any atom is -0.450 e. The zero-order valence-corrected chi connectivity index (χ0v) is 6.99. The van der Waals surface area contributed by atoms with E-state index in [1.807, 2.05) is 0 Å². The van der Waals surface area contributed by atoms with E-state index in [1.54, 1.807) is 0 Å². The smallest absolute Gasteiger partial charge is 0.450 e. The normalized spacial score (nSPS) is 20.5. The first kappa shape index (κ1) is 11.2. The van der Waals surface area contributed by atoms with Gasteiger partial charge < -0.3 is 21.7 Å². The second-order valence-electron chi connectivity index (χ2n) is 3.08. The van der Waals surface area contributed by atoms with Crippen LogP contribution < -0.4 is 11.5 Å². The van der Waals surface area contributed by atoms with Crippen molar-refractivity contribution in [2.75, 3.05) is 0 Å². The van der Waals surface area contributed by atoms with Gasteiger partial charge in [0.15, 0.2) is 0 Å². The highest BCUT2D eigenvalue weighted by Gasteiger charge is 2.21. The van der Waals surface area contributed by atoms with Crippen LogP contribution in [0.2, 0.25) is 0 Å². The molecule has 1 rings (SSSR count). The Kier molecular flexibility index (Phi) is 4.61. The summed E-state index contributed by atoms with van der Waals surface area (Å²) in [7, 11) is 0. The molecule has 5 nitrogen and oxygen atoms in total. The van der Waals surface area contributed by atoms with Crippen molar-refractivity contribution < 1.29 is 15.0 Å². The molecule has 0 spiro atoms.